The predicted molar refractivity (Wildman–Crippen MR) is 97.7 cm³/mol. The highest BCUT2D eigenvalue weighted by Crippen LogP contribution is 2.30. The number of esters is 2. The number of fused-ring (bicyclic) bond motifs is 1. The largest absolute Gasteiger partial charge is 0.462 e. The molecule has 1 aromatic carbocycles. The van der Waals surface area contributed by atoms with Gasteiger partial charge in [0, 0.05) is 4.88 Å². The van der Waals surface area contributed by atoms with Crippen LogP contribution in [0.25, 0.3) is 0 Å². The number of carbonyl (C=O) groups excluding carboxylic acids is 3. The average molecular weight is 373 g/mol. The first kappa shape index (κ1) is 18.1. The second kappa shape index (κ2) is 8.14. The van der Waals surface area contributed by atoms with Crippen LogP contribution in [-0.2, 0) is 27.1 Å². The lowest BCUT2D eigenvalue weighted by molar-refractivity contribution is -0.119. The van der Waals surface area contributed by atoms with Gasteiger partial charge in [-0.1, -0.05) is 12.1 Å². The van der Waals surface area contributed by atoms with Crippen LogP contribution < -0.4 is 5.32 Å². The van der Waals surface area contributed by atoms with Crippen molar-refractivity contribution in [2.45, 2.75) is 26.2 Å². The second-order valence-electron chi connectivity index (χ2n) is 5.80. The van der Waals surface area contributed by atoms with Crippen molar-refractivity contribution in [3.05, 3.63) is 51.2 Å². The maximum Gasteiger partial charge on any atom is 0.348 e. The standard InChI is InChI=1S/C19H19NO5S/c1-2-24-18(22)13-7-3-4-8-14(13)20-17(21)11-25-19(23)16-10-12-6-5-9-15(12)26-16/h3-4,7-8,10H,2,5-6,9,11H2,1H3,(H,20,21). The fraction of sp³-hybridized carbons (Fsp3) is 0.316. The number of nitrogens with one attached hydrogen (secondary N) is 1. The molecule has 3 rings (SSSR count). The monoisotopic (exact) mass is 373 g/mol. The second-order valence-corrected chi connectivity index (χ2v) is 6.94. The first-order chi connectivity index (χ1) is 12.6. The van der Waals surface area contributed by atoms with Crippen molar-refractivity contribution in [2.24, 2.45) is 0 Å². The van der Waals surface area contributed by atoms with Gasteiger partial charge >= 0.3 is 11.9 Å². The molecule has 1 aliphatic carbocycles. The first-order valence-electron chi connectivity index (χ1n) is 8.43. The minimum atomic E-state index is -0.520. The van der Waals surface area contributed by atoms with Crippen molar-refractivity contribution in [1.82, 2.24) is 0 Å². The molecule has 0 radical (unpaired) electrons. The van der Waals surface area contributed by atoms with Gasteiger partial charge in [-0.3, -0.25) is 4.79 Å². The minimum Gasteiger partial charge on any atom is -0.462 e. The third kappa shape index (κ3) is 4.11. The van der Waals surface area contributed by atoms with Crippen molar-refractivity contribution < 1.29 is 23.9 Å². The Kier molecular flexibility index (Phi) is 5.68. The lowest BCUT2D eigenvalue weighted by Gasteiger charge is -2.10. The summed E-state index contributed by atoms with van der Waals surface area (Å²) in [7, 11) is 0. The summed E-state index contributed by atoms with van der Waals surface area (Å²) in [4.78, 5) is 37.8. The zero-order chi connectivity index (χ0) is 18.5. The van der Waals surface area contributed by atoms with Crippen LogP contribution >= 0.6 is 11.3 Å². The number of amides is 1. The molecule has 0 unspecified atom stereocenters. The molecule has 1 aromatic heterocycles. The van der Waals surface area contributed by atoms with Gasteiger partial charge in [0.15, 0.2) is 6.61 Å². The van der Waals surface area contributed by atoms with Crippen molar-refractivity contribution in [1.29, 1.82) is 0 Å². The molecule has 1 aliphatic rings. The molecule has 0 saturated carbocycles. The van der Waals surface area contributed by atoms with Crippen LogP contribution in [0, 0.1) is 0 Å². The Labute approximate surface area is 155 Å². The Bertz CT molecular complexity index is 821. The summed E-state index contributed by atoms with van der Waals surface area (Å²) in [5, 5.41) is 2.58. The number of aryl methyl sites for hydroxylation is 2. The minimum absolute atomic E-state index is 0.240. The zero-order valence-electron chi connectivity index (χ0n) is 14.4. The van der Waals surface area contributed by atoms with Gasteiger partial charge in [-0.25, -0.2) is 9.59 Å². The van der Waals surface area contributed by atoms with Crippen LogP contribution in [0.1, 0.15) is 43.8 Å². The van der Waals surface area contributed by atoms with Crippen LogP contribution in [0.4, 0.5) is 5.69 Å². The van der Waals surface area contributed by atoms with Crippen LogP contribution in [0.5, 0.6) is 0 Å². The molecule has 1 amide bonds. The quantitative estimate of drug-likeness (QED) is 0.787. The SMILES string of the molecule is CCOC(=O)c1ccccc1NC(=O)COC(=O)c1cc2c(s1)CCC2. The molecule has 1 heterocycles. The Morgan fingerprint density at radius 3 is 2.69 bits per heavy atom. The molecule has 0 saturated heterocycles. The number of thiophene rings is 1. The summed E-state index contributed by atoms with van der Waals surface area (Å²) in [6.45, 7) is 1.53. The number of ether oxygens (including phenoxy) is 2. The van der Waals surface area contributed by atoms with Crippen LogP contribution in [0.15, 0.2) is 30.3 Å². The number of anilines is 1. The van der Waals surface area contributed by atoms with Gasteiger partial charge in [-0.15, -0.1) is 11.3 Å². The van der Waals surface area contributed by atoms with E-state index in [9.17, 15) is 14.4 Å². The summed E-state index contributed by atoms with van der Waals surface area (Å²) >= 11 is 1.43. The van der Waals surface area contributed by atoms with Crippen molar-refractivity contribution in [3.63, 3.8) is 0 Å². The molecule has 2 aromatic rings. The van der Waals surface area contributed by atoms with E-state index < -0.39 is 24.5 Å². The van der Waals surface area contributed by atoms with E-state index in [0.29, 0.717) is 10.6 Å². The van der Waals surface area contributed by atoms with E-state index in [2.05, 4.69) is 5.32 Å². The van der Waals surface area contributed by atoms with E-state index in [-0.39, 0.29) is 12.2 Å². The van der Waals surface area contributed by atoms with Gasteiger partial charge in [-0.2, -0.15) is 0 Å². The van der Waals surface area contributed by atoms with Crippen LogP contribution in [0.2, 0.25) is 0 Å². The number of hydrogen-bond acceptors (Lipinski definition) is 6. The summed E-state index contributed by atoms with van der Waals surface area (Å²) in [6, 6.07) is 8.38. The Morgan fingerprint density at radius 1 is 1.12 bits per heavy atom. The highest BCUT2D eigenvalue weighted by Gasteiger charge is 2.20. The van der Waals surface area contributed by atoms with Crippen LogP contribution in [-0.4, -0.2) is 31.1 Å². The maximum atomic E-state index is 12.1. The highest BCUT2D eigenvalue weighted by atomic mass is 32.1. The van der Waals surface area contributed by atoms with E-state index >= 15 is 0 Å². The fourth-order valence-corrected chi connectivity index (χ4v) is 3.94. The topological polar surface area (TPSA) is 81.7 Å². The molecule has 0 bridgehead atoms. The van der Waals surface area contributed by atoms with E-state index in [1.807, 2.05) is 6.07 Å². The molecule has 0 fully saturated rings. The van der Waals surface area contributed by atoms with Crippen LogP contribution in [0.3, 0.4) is 0 Å². The Balaban J connectivity index is 1.57. The van der Waals surface area contributed by atoms with E-state index in [0.717, 1.165) is 19.3 Å². The zero-order valence-corrected chi connectivity index (χ0v) is 15.2. The van der Waals surface area contributed by atoms with Crippen molar-refractivity contribution in [3.8, 4) is 0 Å². The molecule has 6 nitrogen and oxygen atoms in total. The smallest absolute Gasteiger partial charge is 0.348 e. The first-order valence-corrected chi connectivity index (χ1v) is 9.25. The molecule has 0 atom stereocenters. The third-order valence-electron chi connectivity index (χ3n) is 3.98. The predicted octanol–water partition coefficient (Wildman–Crippen LogP) is 3.21. The number of rotatable bonds is 6. The molecule has 1 N–H and O–H groups in total. The summed E-state index contributed by atoms with van der Waals surface area (Å²) < 4.78 is 10.1. The van der Waals surface area contributed by atoms with Gasteiger partial charge in [0.2, 0.25) is 0 Å². The van der Waals surface area contributed by atoms with Gasteiger partial charge in [0.05, 0.1) is 17.9 Å². The lowest BCUT2D eigenvalue weighted by atomic mass is 10.2. The maximum absolute atomic E-state index is 12.1. The number of para-hydroxylation sites is 1. The van der Waals surface area contributed by atoms with Gasteiger partial charge in [0.1, 0.15) is 4.88 Å². The van der Waals surface area contributed by atoms with Crippen molar-refractivity contribution >= 4 is 34.9 Å². The Hall–Kier alpha value is -2.67. The molecular weight excluding hydrogens is 354 g/mol. The van der Waals surface area contributed by atoms with Gasteiger partial charge < -0.3 is 14.8 Å². The lowest BCUT2D eigenvalue weighted by Crippen LogP contribution is -2.22. The van der Waals surface area contributed by atoms with Gasteiger partial charge in [-0.05, 0) is 49.9 Å². The molecule has 0 aliphatic heterocycles. The average Bonchev–Trinajstić information content (AvgIpc) is 3.22. The number of hydrogen-bond donors (Lipinski definition) is 1. The van der Waals surface area contributed by atoms with Gasteiger partial charge in [0.25, 0.3) is 5.91 Å². The van der Waals surface area contributed by atoms with E-state index in [1.165, 1.54) is 21.8 Å². The summed E-state index contributed by atoms with van der Waals surface area (Å²) in [5.74, 6) is -1.54. The van der Waals surface area contributed by atoms with Crippen molar-refractivity contribution in [2.75, 3.05) is 18.5 Å². The summed E-state index contributed by atoms with van der Waals surface area (Å²) in [5.41, 5.74) is 1.78. The molecule has 26 heavy (non-hydrogen) atoms. The number of benzene rings is 1. The normalized spacial score (nSPS) is 12.3. The van der Waals surface area contributed by atoms with E-state index in [1.54, 1.807) is 31.2 Å². The summed E-state index contributed by atoms with van der Waals surface area (Å²) in [6.07, 6.45) is 3.11. The number of carbonyl (C=O) groups is 3. The molecule has 136 valence electrons. The molecular formula is C19H19NO5S. The third-order valence-corrected chi connectivity index (χ3v) is 5.20. The molecule has 0 spiro atoms. The fourth-order valence-electron chi connectivity index (χ4n) is 2.80. The molecule has 7 heteroatoms. The Morgan fingerprint density at radius 2 is 1.92 bits per heavy atom. The highest BCUT2D eigenvalue weighted by molar-refractivity contribution is 7.14. The van der Waals surface area contributed by atoms with E-state index in [4.69, 9.17) is 9.47 Å².